The molecular weight excluding hydrogens is 522 g/mol. The number of rotatable bonds is 7. The van der Waals surface area contributed by atoms with Crippen molar-refractivity contribution in [1.82, 2.24) is 10.2 Å². The zero-order chi connectivity index (χ0) is 28.9. The zero-order valence-corrected chi connectivity index (χ0v) is 23.5. The number of fused-ring (bicyclic) bond motifs is 2. The summed E-state index contributed by atoms with van der Waals surface area (Å²) >= 11 is 0. The van der Waals surface area contributed by atoms with E-state index in [1.165, 1.54) is 0 Å². The lowest BCUT2D eigenvalue weighted by atomic mass is 9.94. The lowest BCUT2D eigenvalue weighted by molar-refractivity contribution is -0.134. The van der Waals surface area contributed by atoms with Crippen LogP contribution >= 0.6 is 0 Å². The van der Waals surface area contributed by atoms with Gasteiger partial charge < -0.3 is 29.7 Å². The molecule has 0 aromatic heterocycles. The SMILES string of the molecule is COc1cccc(C(=O)Nc2ccc3c(c2)C(=O)N(C)[C@H]2CC[C@@H](CC(=O)N[C@H](C)c4ccccc4)O[C@H]2CO3)c1. The normalized spacial score (nSPS) is 20.8. The number of carbonyl (C=O) groups excluding carboxylic acids is 3. The fourth-order valence-corrected chi connectivity index (χ4v) is 5.41. The molecule has 2 aliphatic heterocycles. The molecule has 0 bridgehead atoms. The highest BCUT2D eigenvalue weighted by atomic mass is 16.5. The van der Waals surface area contributed by atoms with Crippen LogP contribution in [0.25, 0.3) is 0 Å². The number of anilines is 1. The van der Waals surface area contributed by atoms with Crippen molar-refractivity contribution in [2.75, 3.05) is 26.1 Å². The number of nitrogens with zero attached hydrogens (tertiary/aromatic N) is 1. The Balaban J connectivity index is 1.23. The molecule has 214 valence electrons. The first-order chi connectivity index (χ1) is 19.8. The predicted octanol–water partition coefficient (Wildman–Crippen LogP) is 4.60. The number of ether oxygens (including phenoxy) is 3. The number of methoxy groups -OCH3 is 1. The summed E-state index contributed by atoms with van der Waals surface area (Å²) in [5.74, 6) is 0.388. The topological polar surface area (TPSA) is 106 Å². The van der Waals surface area contributed by atoms with Gasteiger partial charge in [-0.05, 0) is 61.7 Å². The average molecular weight is 558 g/mol. The molecule has 3 aromatic carbocycles. The highest BCUT2D eigenvalue weighted by Gasteiger charge is 2.39. The molecular formula is C32H35N3O6. The summed E-state index contributed by atoms with van der Waals surface area (Å²) in [6, 6.07) is 21.4. The third-order valence-corrected chi connectivity index (χ3v) is 7.69. The third kappa shape index (κ3) is 6.52. The Kier molecular flexibility index (Phi) is 8.54. The number of nitrogens with one attached hydrogen (secondary N) is 2. The molecule has 0 unspecified atom stereocenters. The van der Waals surface area contributed by atoms with E-state index >= 15 is 0 Å². The molecule has 2 N–H and O–H groups in total. The van der Waals surface area contributed by atoms with E-state index < -0.39 is 0 Å². The Morgan fingerprint density at radius 1 is 1.05 bits per heavy atom. The summed E-state index contributed by atoms with van der Waals surface area (Å²) in [4.78, 5) is 40.8. The van der Waals surface area contributed by atoms with Crippen LogP contribution < -0.4 is 20.1 Å². The van der Waals surface area contributed by atoms with Gasteiger partial charge >= 0.3 is 0 Å². The Morgan fingerprint density at radius 2 is 1.85 bits per heavy atom. The second-order valence-electron chi connectivity index (χ2n) is 10.5. The highest BCUT2D eigenvalue weighted by Crippen LogP contribution is 2.33. The van der Waals surface area contributed by atoms with Crippen molar-refractivity contribution in [3.05, 3.63) is 89.5 Å². The van der Waals surface area contributed by atoms with Crippen molar-refractivity contribution in [3.63, 3.8) is 0 Å². The molecule has 0 saturated carbocycles. The third-order valence-electron chi connectivity index (χ3n) is 7.69. The fourth-order valence-electron chi connectivity index (χ4n) is 5.41. The minimum atomic E-state index is -0.373. The van der Waals surface area contributed by atoms with Gasteiger partial charge in [-0.2, -0.15) is 0 Å². The molecule has 0 aliphatic carbocycles. The molecule has 4 atom stereocenters. The van der Waals surface area contributed by atoms with Crippen molar-refractivity contribution in [3.8, 4) is 11.5 Å². The molecule has 3 amide bonds. The van der Waals surface area contributed by atoms with Crippen LogP contribution in [0.4, 0.5) is 5.69 Å². The summed E-state index contributed by atoms with van der Waals surface area (Å²) < 4.78 is 17.6. The number of benzene rings is 3. The summed E-state index contributed by atoms with van der Waals surface area (Å²) in [6.07, 6.45) is 0.937. The maximum absolute atomic E-state index is 13.5. The average Bonchev–Trinajstić information content (AvgIpc) is 2.99. The van der Waals surface area contributed by atoms with Crippen LogP contribution in [0.15, 0.2) is 72.8 Å². The fraction of sp³-hybridized carbons (Fsp3) is 0.344. The van der Waals surface area contributed by atoms with Crippen LogP contribution in [0, 0.1) is 0 Å². The van der Waals surface area contributed by atoms with Crippen LogP contribution in [-0.2, 0) is 9.53 Å². The Morgan fingerprint density at radius 3 is 2.63 bits per heavy atom. The van der Waals surface area contributed by atoms with Crippen LogP contribution in [0.5, 0.6) is 11.5 Å². The highest BCUT2D eigenvalue weighted by molar-refractivity contribution is 6.05. The van der Waals surface area contributed by atoms with Gasteiger partial charge in [-0.25, -0.2) is 0 Å². The number of likely N-dealkylation sites (N-methyl/N-ethyl adjacent to an activating group) is 1. The molecule has 9 nitrogen and oxygen atoms in total. The lowest BCUT2D eigenvalue weighted by Gasteiger charge is -2.42. The van der Waals surface area contributed by atoms with Gasteiger partial charge in [0, 0.05) is 18.3 Å². The summed E-state index contributed by atoms with van der Waals surface area (Å²) in [5, 5.41) is 5.90. The van der Waals surface area contributed by atoms with Crippen LogP contribution in [0.2, 0.25) is 0 Å². The largest absolute Gasteiger partial charge is 0.497 e. The molecule has 1 fully saturated rings. The van der Waals surface area contributed by atoms with Gasteiger partial charge in [0.1, 0.15) is 24.2 Å². The van der Waals surface area contributed by atoms with Gasteiger partial charge in [-0.3, -0.25) is 14.4 Å². The number of amides is 3. The molecule has 9 heteroatoms. The second kappa shape index (κ2) is 12.4. The summed E-state index contributed by atoms with van der Waals surface area (Å²) in [5.41, 5.74) is 2.33. The monoisotopic (exact) mass is 557 g/mol. The van der Waals surface area contributed by atoms with Crippen molar-refractivity contribution in [2.45, 2.75) is 50.5 Å². The number of carbonyl (C=O) groups is 3. The second-order valence-corrected chi connectivity index (χ2v) is 10.5. The van der Waals surface area contributed by atoms with E-state index in [0.29, 0.717) is 41.2 Å². The van der Waals surface area contributed by atoms with Gasteiger partial charge in [0.05, 0.1) is 37.3 Å². The van der Waals surface area contributed by atoms with E-state index in [9.17, 15) is 14.4 Å². The van der Waals surface area contributed by atoms with Crippen LogP contribution in [-0.4, -0.2) is 61.6 Å². The molecule has 2 heterocycles. The molecule has 1 saturated heterocycles. The van der Waals surface area contributed by atoms with E-state index in [0.717, 1.165) is 5.56 Å². The van der Waals surface area contributed by atoms with Crippen LogP contribution in [0.3, 0.4) is 0 Å². The minimum Gasteiger partial charge on any atom is -0.497 e. The van der Waals surface area contributed by atoms with E-state index in [2.05, 4.69) is 10.6 Å². The smallest absolute Gasteiger partial charge is 0.257 e. The molecule has 2 aliphatic rings. The van der Waals surface area contributed by atoms with E-state index in [-0.39, 0.29) is 55.0 Å². The van der Waals surface area contributed by atoms with E-state index in [4.69, 9.17) is 14.2 Å². The Labute approximate surface area is 239 Å². The maximum Gasteiger partial charge on any atom is 0.257 e. The van der Waals surface area contributed by atoms with E-state index in [1.54, 1.807) is 61.5 Å². The number of hydrogen-bond acceptors (Lipinski definition) is 6. The van der Waals surface area contributed by atoms with Crippen molar-refractivity contribution < 1.29 is 28.6 Å². The first-order valence-electron chi connectivity index (χ1n) is 13.8. The van der Waals surface area contributed by atoms with Crippen molar-refractivity contribution in [1.29, 1.82) is 0 Å². The first kappa shape index (κ1) is 28.2. The summed E-state index contributed by atoms with van der Waals surface area (Å²) in [6.45, 7) is 2.20. The molecule has 5 rings (SSSR count). The van der Waals surface area contributed by atoms with E-state index in [1.807, 2.05) is 37.3 Å². The predicted molar refractivity (Wildman–Crippen MR) is 154 cm³/mol. The Bertz CT molecular complexity index is 1410. The van der Waals surface area contributed by atoms with Gasteiger partial charge in [-0.15, -0.1) is 0 Å². The lowest BCUT2D eigenvalue weighted by Crippen LogP contribution is -2.54. The van der Waals surface area contributed by atoms with Crippen LogP contribution in [0.1, 0.15) is 58.5 Å². The Hall–Kier alpha value is -4.37. The first-order valence-corrected chi connectivity index (χ1v) is 13.8. The van der Waals surface area contributed by atoms with Crippen molar-refractivity contribution in [2.24, 2.45) is 0 Å². The number of hydrogen-bond donors (Lipinski definition) is 2. The standard InChI is InChI=1S/C32H35N3O6/c1-20(21-8-5-4-6-9-21)33-30(36)18-25-13-14-27-29(41-25)19-40-28-15-12-23(17-26(28)32(38)35(27)2)34-31(37)22-10-7-11-24(16-22)39-3/h4-12,15-17,20,25,27,29H,13-14,18-19H2,1-3H3,(H,33,36)(H,34,37)/t20-,25+,27+,29+/m1/s1. The van der Waals surface area contributed by atoms with Crippen molar-refractivity contribution >= 4 is 23.4 Å². The molecule has 0 spiro atoms. The van der Waals surface area contributed by atoms with Gasteiger partial charge in [-0.1, -0.05) is 36.4 Å². The quantitative estimate of drug-likeness (QED) is 0.440. The van der Waals surface area contributed by atoms with Gasteiger partial charge in [0.2, 0.25) is 5.91 Å². The summed E-state index contributed by atoms with van der Waals surface area (Å²) in [7, 11) is 3.30. The van der Waals surface area contributed by atoms with Gasteiger partial charge in [0.25, 0.3) is 11.8 Å². The minimum absolute atomic E-state index is 0.0742. The zero-order valence-electron chi connectivity index (χ0n) is 23.5. The molecule has 0 radical (unpaired) electrons. The molecule has 41 heavy (non-hydrogen) atoms. The van der Waals surface area contributed by atoms with Gasteiger partial charge in [0.15, 0.2) is 0 Å². The maximum atomic E-state index is 13.5. The molecule has 3 aromatic rings.